The van der Waals surface area contributed by atoms with Crippen LogP contribution in [0.15, 0.2) is 30.3 Å². The Bertz CT molecular complexity index is 243. The van der Waals surface area contributed by atoms with Crippen LogP contribution < -0.4 is 0 Å². The Morgan fingerprint density at radius 1 is 1.33 bits per heavy atom. The first-order chi connectivity index (χ1) is 5.75. The van der Waals surface area contributed by atoms with Gasteiger partial charge in [-0.15, -0.1) is 0 Å². The van der Waals surface area contributed by atoms with Gasteiger partial charge in [0.05, 0.1) is 6.10 Å². The molecule has 0 aromatic heterocycles. The van der Waals surface area contributed by atoms with E-state index in [2.05, 4.69) is 0 Å². The number of rotatable bonds is 3. The first kappa shape index (κ1) is 8.94. The highest BCUT2D eigenvalue weighted by molar-refractivity contribution is 5.54. The van der Waals surface area contributed by atoms with E-state index in [-0.39, 0.29) is 5.92 Å². The quantitative estimate of drug-likeness (QED) is 0.688. The van der Waals surface area contributed by atoms with E-state index < -0.39 is 6.10 Å². The Morgan fingerprint density at radius 3 is 2.42 bits per heavy atom. The molecule has 0 aliphatic heterocycles. The fourth-order valence-corrected chi connectivity index (χ4v) is 1.03. The van der Waals surface area contributed by atoms with Gasteiger partial charge in [0.15, 0.2) is 0 Å². The lowest BCUT2D eigenvalue weighted by molar-refractivity contribution is -0.113. The van der Waals surface area contributed by atoms with Crippen LogP contribution in [0.4, 0.5) is 0 Å². The molecule has 0 heterocycles. The van der Waals surface area contributed by atoms with Crippen LogP contribution in [0.3, 0.4) is 0 Å². The fraction of sp³-hybridized carbons (Fsp3) is 0.300. The lowest BCUT2D eigenvalue weighted by Gasteiger charge is -2.12. The zero-order valence-electron chi connectivity index (χ0n) is 6.97. The molecule has 2 atom stereocenters. The Kier molecular flexibility index (Phi) is 3.00. The van der Waals surface area contributed by atoms with Crippen LogP contribution in [0.25, 0.3) is 0 Å². The van der Waals surface area contributed by atoms with E-state index in [1.165, 1.54) is 0 Å². The van der Waals surface area contributed by atoms with Crippen LogP contribution >= 0.6 is 0 Å². The number of aldehydes is 1. The van der Waals surface area contributed by atoms with Gasteiger partial charge >= 0.3 is 0 Å². The van der Waals surface area contributed by atoms with Gasteiger partial charge in [-0.25, -0.2) is 0 Å². The maximum absolute atomic E-state index is 10.4. The molecule has 1 aromatic rings. The van der Waals surface area contributed by atoms with Crippen LogP contribution in [0.5, 0.6) is 0 Å². The average Bonchev–Trinajstić information content (AvgIpc) is 2.17. The van der Waals surface area contributed by atoms with Crippen molar-refractivity contribution < 1.29 is 9.90 Å². The van der Waals surface area contributed by atoms with Gasteiger partial charge in [-0.05, 0) is 5.56 Å². The van der Waals surface area contributed by atoms with Crippen molar-refractivity contribution in [3.63, 3.8) is 0 Å². The van der Waals surface area contributed by atoms with Crippen LogP contribution in [0, 0.1) is 5.92 Å². The summed E-state index contributed by atoms with van der Waals surface area (Å²) in [7, 11) is 0. The molecule has 0 radical (unpaired) electrons. The van der Waals surface area contributed by atoms with Crippen LogP contribution in [0.2, 0.25) is 0 Å². The number of hydrogen-bond acceptors (Lipinski definition) is 2. The number of carbonyl (C=O) groups excluding carboxylic acids is 1. The molecule has 0 bridgehead atoms. The van der Waals surface area contributed by atoms with Gasteiger partial charge in [0.1, 0.15) is 6.29 Å². The van der Waals surface area contributed by atoms with Crippen LogP contribution in [-0.2, 0) is 4.79 Å². The summed E-state index contributed by atoms with van der Waals surface area (Å²) in [5.41, 5.74) is 0.789. The maximum Gasteiger partial charge on any atom is 0.125 e. The zero-order valence-corrected chi connectivity index (χ0v) is 6.97. The van der Waals surface area contributed by atoms with E-state index in [0.29, 0.717) is 0 Å². The van der Waals surface area contributed by atoms with Gasteiger partial charge in [0.2, 0.25) is 0 Å². The van der Waals surface area contributed by atoms with E-state index in [4.69, 9.17) is 0 Å². The highest BCUT2D eigenvalue weighted by atomic mass is 16.3. The lowest BCUT2D eigenvalue weighted by atomic mass is 9.99. The topological polar surface area (TPSA) is 37.3 Å². The van der Waals surface area contributed by atoms with Gasteiger partial charge < -0.3 is 9.90 Å². The summed E-state index contributed by atoms with van der Waals surface area (Å²) in [6.07, 6.45) is 0.0844. The summed E-state index contributed by atoms with van der Waals surface area (Å²) in [6.45, 7) is 1.70. The minimum atomic E-state index is -0.677. The SMILES string of the molecule is C[C@H](C=O)[C@H](O)c1ccccc1. The van der Waals surface area contributed by atoms with Crippen LogP contribution in [0.1, 0.15) is 18.6 Å². The molecule has 0 saturated carbocycles. The second-order valence-corrected chi connectivity index (χ2v) is 2.85. The minimum Gasteiger partial charge on any atom is -0.388 e. The first-order valence-electron chi connectivity index (χ1n) is 3.94. The van der Waals surface area contributed by atoms with Crippen LogP contribution in [-0.4, -0.2) is 11.4 Å². The van der Waals surface area contributed by atoms with E-state index >= 15 is 0 Å². The van der Waals surface area contributed by atoms with Crippen molar-refractivity contribution in [1.29, 1.82) is 0 Å². The molecule has 0 spiro atoms. The standard InChI is InChI=1S/C10H12O2/c1-8(7-11)10(12)9-5-3-2-4-6-9/h2-8,10,12H,1H3/t8-,10+/m1/s1. The van der Waals surface area contributed by atoms with E-state index in [0.717, 1.165) is 11.8 Å². The molecule has 2 heteroatoms. The second kappa shape index (κ2) is 4.02. The molecule has 0 unspecified atom stereocenters. The second-order valence-electron chi connectivity index (χ2n) is 2.85. The van der Waals surface area contributed by atoms with Gasteiger partial charge in [-0.3, -0.25) is 0 Å². The molecule has 0 aliphatic carbocycles. The van der Waals surface area contributed by atoms with Crippen molar-refractivity contribution >= 4 is 6.29 Å². The predicted octanol–water partition coefficient (Wildman–Crippen LogP) is 1.55. The van der Waals surface area contributed by atoms with Crippen molar-refractivity contribution in [3.05, 3.63) is 35.9 Å². The normalized spacial score (nSPS) is 15.2. The minimum absolute atomic E-state index is 0.340. The Hall–Kier alpha value is -1.15. The number of aliphatic hydroxyl groups excluding tert-OH is 1. The summed E-state index contributed by atoms with van der Waals surface area (Å²) in [4.78, 5) is 10.4. The highest BCUT2D eigenvalue weighted by Gasteiger charge is 2.14. The summed E-state index contributed by atoms with van der Waals surface area (Å²) in [6, 6.07) is 9.18. The van der Waals surface area contributed by atoms with Gasteiger partial charge in [-0.1, -0.05) is 37.3 Å². The smallest absolute Gasteiger partial charge is 0.125 e. The van der Waals surface area contributed by atoms with E-state index in [1.807, 2.05) is 30.3 Å². The molecule has 0 saturated heterocycles. The summed E-state index contributed by atoms with van der Waals surface area (Å²) >= 11 is 0. The van der Waals surface area contributed by atoms with Crippen molar-refractivity contribution in [2.45, 2.75) is 13.0 Å². The predicted molar refractivity (Wildman–Crippen MR) is 46.6 cm³/mol. The molecule has 1 N–H and O–H groups in total. The third-order valence-electron chi connectivity index (χ3n) is 1.85. The Balaban J connectivity index is 2.78. The van der Waals surface area contributed by atoms with Gasteiger partial charge in [0.25, 0.3) is 0 Å². The third kappa shape index (κ3) is 1.92. The Labute approximate surface area is 71.8 Å². The fourth-order valence-electron chi connectivity index (χ4n) is 1.03. The number of aliphatic hydroxyl groups is 1. The molecule has 2 nitrogen and oxygen atoms in total. The van der Waals surface area contributed by atoms with Crippen molar-refractivity contribution in [3.8, 4) is 0 Å². The summed E-state index contributed by atoms with van der Waals surface area (Å²) < 4.78 is 0. The highest BCUT2D eigenvalue weighted by Crippen LogP contribution is 2.19. The van der Waals surface area contributed by atoms with Crippen molar-refractivity contribution in [1.82, 2.24) is 0 Å². The molecular weight excluding hydrogens is 152 g/mol. The molecule has 0 fully saturated rings. The molecule has 1 aromatic carbocycles. The Morgan fingerprint density at radius 2 is 1.92 bits per heavy atom. The van der Waals surface area contributed by atoms with Crippen molar-refractivity contribution in [2.75, 3.05) is 0 Å². The van der Waals surface area contributed by atoms with E-state index in [1.54, 1.807) is 6.92 Å². The number of hydrogen-bond donors (Lipinski definition) is 1. The van der Waals surface area contributed by atoms with Gasteiger partial charge in [-0.2, -0.15) is 0 Å². The maximum atomic E-state index is 10.4. The largest absolute Gasteiger partial charge is 0.388 e. The zero-order chi connectivity index (χ0) is 8.97. The summed E-state index contributed by atoms with van der Waals surface area (Å²) in [5, 5.41) is 9.56. The number of carbonyl (C=O) groups is 1. The molecule has 12 heavy (non-hydrogen) atoms. The summed E-state index contributed by atoms with van der Waals surface area (Å²) in [5.74, 6) is -0.340. The molecular formula is C10H12O2. The first-order valence-corrected chi connectivity index (χ1v) is 3.94. The average molecular weight is 164 g/mol. The lowest BCUT2D eigenvalue weighted by Crippen LogP contribution is -2.09. The molecule has 1 rings (SSSR count). The van der Waals surface area contributed by atoms with Gasteiger partial charge in [0, 0.05) is 5.92 Å². The molecule has 0 amide bonds. The number of benzene rings is 1. The third-order valence-corrected chi connectivity index (χ3v) is 1.85. The van der Waals surface area contributed by atoms with E-state index in [9.17, 15) is 9.90 Å². The monoisotopic (exact) mass is 164 g/mol. The molecule has 64 valence electrons. The van der Waals surface area contributed by atoms with Crippen molar-refractivity contribution in [2.24, 2.45) is 5.92 Å². The molecule has 0 aliphatic rings.